The number of phenols is 1. The van der Waals surface area contributed by atoms with Gasteiger partial charge in [0.2, 0.25) is 59.1 Å². The van der Waals surface area contributed by atoms with Crippen LogP contribution in [0.5, 0.6) is 5.75 Å². The summed E-state index contributed by atoms with van der Waals surface area (Å²) < 4.78 is 6.04. The summed E-state index contributed by atoms with van der Waals surface area (Å²) in [6, 6.07) is 1.13. The maximum Gasteiger partial charge on any atom is 0.245 e. The number of nitrogens with one attached hydrogen (secondary N) is 10. The number of aliphatic hydroxyl groups is 1. The fourth-order valence-corrected chi connectivity index (χ4v) is 10.5. The zero-order valence-electron chi connectivity index (χ0n) is 51.3. The molecule has 3 aliphatic rings. The van der Waals surface area contributed by atoms with E-state index in [2.05, 4.69) is 62.8 Å². The number of H-pyrrole nitrogens is 1. The molecule has 0 radical (unpaired) electrons. The number of guanidine groups is 1. The van der Waals surface area contributed by atoms with Crippen molar-refractivity contribution in [3.8, 4) is 5.75 Å². The van der Waals surface area contributed by atoms with E-state index in [4.69, 9.17) is 16.2 Å². The molecule has 90 heavy (non-hydrogen) atoms. The van der Waals surface area contributed by atoms with Crippen LogP contribution in [0.1, 0.15) is 118 Å². The number of nitrogens with zero attached hydrogens (tertiary/aromatic N) is 3. The van der Waals surface area contributed by atoms with Gasteiger partial charge in [-0.15, -0.1) is 0 Å². The highest BCUT2D eigenvalue weighted by Crippen LogP contribution is 2.23. The molecule has 492 valence electrons. The van der Waals surface area contributed by atoms with E-state index in [0.717, 1.165) is 5.52 Å². The van der Waals surface area contributed by atoms with Crippen LogP contribution in [0.15, 0.2) is 76.5 Å². The van der Waals surface area contributed by atoms with Gasteiger partial charge in [-0.3, -0.25) is 57.9 Å². The molecule has 9 unspecified atom stereocenters. The lowest BCUT2D eigenvalue weighted by Crippen LogP contribution is -2.62. The van der Waals surface area contributed by atoms with Gasteiger partial charge in [-0.2, -0.15) is 0 Å². The first-order chi connectivity index (χ1) is 42.3. The molecule has 10 amide bonds. The highest BCUT2D eigenvalue weighted by molar-refractivity contribution is 5.99. The third kappa shape index (κ3) is 21.7. The number of para-hydroxylation sites is 1. The molecule has 3 aliphatic heterocycles. The number of nitrogens with two attached hydrogens (primary N) is 2. The number of allylic oxidation sites excluding steroid dienone is 1. The summed E-state index contributed by atoms with van der Waals surface area (Å²) in [7, 11) is 0. The van der Waals surface area contributed by atoms with E-state index in [1.165, 1.54) is 29.2 Å². The average Bonchev–Trinajstić information content (AvgIpc) is 1.99. The molecule has 16 N–H and O–H groups in total. The Kier molecular flexibility index (Phi) is 27.3. The number of amides is 10. The number of rotatable bonds is 32. The fraction of sp³-hybridized carbons (Fsp3) is 0.548. The number of aliphatic hydroxyl groups excluding tert-OH is 1. The van der Waals surface area contributed by atoms with E-state index in [9.17, 15) is 58.2 Å². The minimum absolute atomic E-state index is 0. The number of carbonyl (C=O) groups excluding carboxylic acids is 10. The van der Waals surface area contributed by atoms with Crippen LogP contribution in [0.2, 0.25) is 0 Å². The van der Waals surface area contributed by atoms with Crippen LogP contribution in [-0.2, 0) is 65.5 Å². The first-order valence-electron chi connectivity index (χ1n) is 30.2. The average molecular weight is 1250 g/mol. The number of hydrogen-bond acceptors (Lipinski definition) is 15. The van der Waals surface area contributed by atoms with Crippen LogP contribution in [0.4, 0.5) is 0 Å². The van der Waals surface area contributed by atoms with Crippen molar-refractivity contribution in [3.05, 3.63) is 77.6 Å². The molecule has 0 aliphatic carbocycles. The Hall–Kier alpha value is -8.92. The Morgan fingerprint density at radius 3 is 1.98 bits per heavy atom. The van der Waals surface area contributed by atoms with E-state index in [1.807, 2.05) is 19.9 Å². The molecule has 0 bridgehead atoms. The Labute approximate surface area is 524 Å². The van der Waals surface area contributed by atoms with Gasteiger partial charge in [0.05, 0.1) is 18.8 Å². The van der Waals surface area contributed by atoms with Gasteiger partial charge in [-0.25, -0.2) is 0 Å². The van der Waals surface area contributed by atoms with E-state index < -0.39 is 120 Å². The number of aromatic nitrogens is 1. The number of aromatic hydroxyl groups is 1. The number of hydrogen-bond donors (Lipinski definition) is 14. The van der Waals surface area contributed by atoms with Crippen LogP contribution < -0.4 is 59.3 Å². The number of likely N-dealkylation sites (tertiary alicyclic amines) is 1. The second-order valence-electron chi connectivity index (χ2n) is 23.7. The second kappa shape index (κ2) is 34.2. The van der Waals surface area contributed by atoms with Gasteiger partial charge in [-0.1, -0.05) is 57.7 Å². The number of fused-ring (bicyclic) bond motifs is 1. The number of benzene rings is 2. The molecule has 28 heteroatoms. The highest BCUT2D eigenvalue weighted by Gasteiger charge is 2.40. The Morgan fingerprint density at radius 2 is 1.37 bits per heavy atom. The zero-order chi connectivity index (χ0) is 65.0. The summed E-state index contributed by atoms with van der Waals surface area (Å²) in [5, 5.41) is 45.8. The minimum Gasteiger partial charge on any atom is -0.508 e. The monoisotopic (exact) mass is 1250 g/mol. The smallest absolute Gasteiger partial charge is 0.245 e. The van der Waals surface area contributed by atoms with Crippen molar-refractivity contribution in [2.45, 2.75) is 180 Å². The molecule has 2 fully saturated rings. The molecule has 9 atom stereocenters. The van der Waals surface area contributed by atoms with Crippen molar-refractivity contribution >= 4 is 82.1 Å². The molecule has 2 aromatic carbocycles. The van der Waals surface area contributed by atoms with Crippen molar-refractivity contribution in [1.29, 1.82) is 0 Å². The van der Waals surface area contributed by atoms with Crippen LogP contribution in [0.3, 0.4) is 0 Å². The van der Waals surface area contributed by atoms with Gasteiger partial charge in [-0.05, 0) is 101 Å². The van der Waals surface area contributed by atoms with Crippen LogP contribution >= 0.6 is 0 Å². The molecular weight excluding hydrogens is 1160 g/mol. The first-order valence-corrected chi connectivity index (χ1v) is 30.2. The van der Waals surface area contributed by atoms with Gasteiger partial charge < -0.3 is 84.2 Å². The van der Waals surface area contributed by atoms with Crippen molar-refractivity contribution in [2.24, 2.45) is 27.4 Å². The lowest BCUT2D eigenvalue weighted by Gasteiger charge is -2.31. The van der Waals surface area contributed by atoms with Crippen molar-refractivity contribution in [2.75, 3.05) is 32.8 Å². The summed E-state index contributed by atoms with van der Waals surface area (Å²) in [5.41, 5.74) is 12.4. The maximum absolute atomic E-state index is 14.8. The van der Waals surface area contributed by atoms with E-state index in [-0.39, 0.29) is 101 Å². The van der Waals surface area contributed by atoms with E-state index in [0.29, 0.717) is 48.0 Å². The third-order valence-electron chi connectivity index (χ3n) is 15.0. The number of aromatic amines is 1. The van der Waals surface area contributed by atoms with Gasteiger partial charge in [0.25, 0.3) is 0 Å². The lowest BCUT2D eigenvalue weighted by atomic mass is 10.0. The number of carbonyl (C=O) groups is 10. The van der Waals surface area contributed by atoms with Gasteiger partial charge >= 0.3 is 0 Å². The summed E-state index contributed by atoms with van der Waals surface area (Å²) in [5.74, 6) is -7.64. The molecule has 6 rings (SSSR count). The van der Waals surface area contributed by atoms with Gasteiger partial charge in [0.1, 0.15) is 60.1 Å². The van der Waals surface area contributed by atoms with Crippen LogP contribution in [0.25, 0.3) is 10.9 Å². The topological polar surface area (TPSA) is 424 Å². The Morgan fingerprint density at radius 1 is 0.767 bits per heavy atom. The molecular formula is C62H91N15O13. The molecule has 2 saturated heterocycles. The van der Waals surface area contributed by atoms with Crippen molar-refractivity contribution in [3.63, 3.8) is 0 Å². The SMILES string of the molecule is C.CCNC(=O)C1CCCN1C(=O)C(CCCN=C(N)N)NC(=O)C(CC(C)C)NC(=O)C(COC(C)(C)C)NC(=O)C(Cc1ccc(O)cc1)NC(=O)C(CO)NC(=O)C(Cc1c[nH]c2ccccc12)NC(=O)C(CC1=CCC=N1)NC(=O)C1CCC(=O)N1. The minimum atomic E-state index is -1.77. The Balaban J connectivity index is 0.0000147. The molecule has 4 heterocycles. The molecule has 0 spiro atoms. The number of phenolic OH excluding ortho intramolecular Hbond substituents is 1. The maximum atomic E-state index is 14.8. The largest absolute Gasteiger partial charge is 0.508 e. The van der Waals surface area contributed by atoms with Crippen molar-refractivity contribution in [1.82, 2.24) is 57.7 Å². The highest BCUT2D eigenvalue weighted by atomic mass is 16.5. The molecule has 0 saturated carbocycles. The molecule has 3 aromatic rings. The van der Waals surface area contributed by atoms with Gasteiger partial charge in [0.15, 0.2) is 5.96 Å². The van der Waals surface area contributed by atoms with Crippen molar-refractivity contribution < 1.29 is 62.9 Å². The van der Waals surface area contributed by atoms with Gasteiger partial charge in [0, 0.05) is 80.7 Å². The normalized spacial score (nSPS) is 17.6. The summed E-state index contributed by atoms with van der Waals surface area (Å²) in [6.07, 6.45) is 6.71. The van der Waals surface area contributed by atoms with E-state index >= 15 is 0 Å². The first kappa shape index (κ1) is 71.8. The lowest BCUT2D eigenvalue weighted by molar-refractivity contribution is -0.142. The third-order valence-corrected chi connectivity index (χ3v) is 15.0. The summed E-state index contributed by atoms with van der Waals surface area (Å²) >= 11 is 0. The number of aliphatic imine (C=N–C) groups is 2. The van der Waals surface area contributed by atoms with E-state index in [1.54, 1.807) is 64.4 Å². The quantitative estimate of drug-likeness (QED) is 0.0218. The number of ether oxygens (including phenoxy) is 1. The zero-order valence-corrected chi connectivity index (χ0v) is 51.3. The van der Waals surface area contributed by atoms with Crippen LogP contribution in [-0.4, -0.2) is 184 Å². The number of likely N-dealkylation sites (N-methyl/N-ethyl adjacent to an activating group) is 1. The van der Waals surface area contributed by atoms with Crippen LogP contribution in [0, 0.1) is 5.92 Å². The predicted octanol–water partition coefficient (Wildman–Crippen LogP) is -0.250. The standard InChI is InChI=1S/C61H87N15O13.CH4/c1-7-64-58(87)49-17-12-26-76(49)59(88)42(16-11-25-66-60(62)63)69-52(81)43(27-34(2)3)70-57(86)48(33-89-61(4,5)6)75-53(82)44(28-35-18-20-38(78)21-19-35)71-56(85)47(32-77)74-54(83)45(29-36-31-67-40-15-9-8-14-39(36)40)72-55(84)46(30-37-13-10-24-65-37)73-51(80)41-22-23-50(79)68-41;/h8-9,13-15,18-21,24,31,34,41-49,67,77-78H,7,10-12,16-17,22-23,25-30,32-33H2,1-6H3,(H,64,87)(H,68,79)(H,69,81)(H,70,86)(H,71,85)(H,72,84)(H,73,80)(H,74,83)(H,75,82)(H4,62,63,66);1H4. The summed E-state index contributed by atoms with van der Waals surface area (Å²) in [6.45, 7) is 9.81. The predicted molar refractivity (Wildman–Crippen MR) is 337 cm³/mol. The molecule has 28 nitrogen and oxygen atoms in total. The molecule has 1 aromatic heterocycles. The second-order valence-corrected chi connectivity index (χ2v) is 23.7. The Bertz CT molecular complexity index is 3100. The fourth-order valence-electron chi connectivity index (χ4n) is 10.5. The summed E-state index contributed by atoms with van der Waals surface area (Å²) in [4.78, 5) is 153.